The van der Waals surface area contributed by atoms with Crippen molar-refractivity contribution in [3.8, 4) is 0 Å². The Labute approximate surface area is 141 Å². The zero-order valence-corrected chi connectivity index (χ0v) is 14.2. The van der Waals surface area contributed by atoms with Crippen LogP contribution in [0.5, 0.6) is 0 Å². The molecule has 0 radical (unpaired) electrons. The zero-order valence-electron chi connectivity index (χ0n) is 14.2. The van der Waals surface area contributed by atoms with Crippen LogP contribution in [0.1, 0.15) is 31.4 Å². The van der Waals surface area contributed by atoms with E-state index in [9.17, 15) is 10.1 Å². The molecule has 1 aromatic heterocycles. The SMILES string of the molecule is Cc1ccc(CNc2ncnc(NCCC(C)C)c2[N+](=O)[O-])cc1. The van der Waals surface area contributed by atoms with Gasteiger partial charge >= 0.3 is 5.69 Å². The number of rotatable bonds is 8. The highest BCUT2D eigenvalue weighted by atomic mass is 16.6. The molecule has 7 heteroatoms. The summed E-state index contributed by atoms with van der Waals surface area (Å²) >= 11 is 0. The third kappa shape index (κ3) is 4.91. The first-order chi connectivity index (χ1) is 11.5. The summed E-state index contributed by atoms with van der Waals surface area (Å²) in [6.07, 6.45) is 2.25. The van der Waals surface area contributed by atoms with Crippen molar-refractivity contribution in [3.05, 3.63) is 51.8 Å². The van der Waals surface area contributed by atoms with Crippen LogP contribution in [-0.4, -0.2) is 21.4 Å². The summed E-state index contributed by atoms with van der Waals surface area (Å²) in [5.41, 5.74) is 2.08. The van der Waals surface area contributed by atoms with E-state index in [4.69, 9.17) is 0 Å². The molecule has 128 valence electrons. The van der Waals surface area contributed by atoms with Crippen molar-refractivity contribution in [3.63, 3.8) is 0 Å². The third-order valence-electron chi connectivity index (χ3n) is 3.60. The van der Waals surface area contributed by atoms with E-state index >= 15 is 0 Å². The van der Waals surface area contributed by atoms with E-state index in [1.807, 2.05) is 31.2 Å². The van der Waals surface area contributed by atoms with Gasteiger partial charge in [-0.1, -0.05) is 43.7 Å². The van der Waals surface area contributed by atoms with Crippen LogP contribution in [0.4, 0.5) is 17.3 Å². The zero-order chi connectivity index (χ0) is 17.5. The molecular formula is C17H23N5O2. The molecule has 7 nitrogen and oxygen atoms in total. The van der Waals surface area contributed by atoms with Crippen LogP contribution < -0.4 is 10.6 Å². The largest absolute Gasteiger partial charge is 0.364 e. The molecule has 0 unspecified atom stereocenters. The van der Waals surface area contributed by atoms with Crippen LogP contribution in [0, 0.1) is 23.0 Å². The van der Waals surface area contributed by atoms with Gasteiger partial charge in [0.05, 0.1) is 4.92 Å². The number of aryl methyl sites for hydroxylation is 1. The van der Waals surface area contributed by atoms with E-state index in [0.29, 0.717) is 19.0 Å². The lowest BCUT2D eigenvalue weighted by atomic mass is 10.1. The number of nitro groups is 1. The lowest BCUT2D eigenvalue weighted by molar-refractivity contribution is -0.383. The van der Waals surface area contributed by atoms with Crippen molar-refractivity contribution >= 4 is 17.3 Å². The van der Waals surface area contributed by atoms with Crippen LogP contribution >= 0.6 is 0 Å². The number of benzene rings is 1. The Kier molecular flexibility index (Phi) is 6.06. The predicted octanol–water partition coefficient (Wildman–Crippen LogP) is 3.76. The Morgan fingerprint density at radius 2 is 1.75 bits per heavy atom. The number of anilines is 2. The standard InChI is InChI=1S/C17H23N5O2/c1-12(2)8-9-18-16-15(22(23)24)17(21-11-20-16)19-10-14-6-4-13(3)5-7-14/h4-7,11-12H,8-10H2,1-3H3,(H2,18,19,20,21). The van der Waals surface area contributed by atoms with Crippen LogP contribution in [0.3, 0.4) is 0 Å². The van der Waals surface area contributed by atoms with Gasteiger partial charge in [0.2, 0.25) is 11.6 Å². The molecule has 0 fully saturated rings. The average Bonchev–Trinajstić information content (AvgIpc) is 2.53. The summed E-state index contributed by atoms with van der Waals surface area (Å²) in [4.78, 5) is 19.0. The summed E-state index contributed by atoms with van der Waals surface area (Å²) in [7, 11) is 0. The average molecular weight is 329 g/mol. The van der Waals surface area contributed by atoms with Crippen LogP contribution in [0.25, 0.3) is 0 Å². The minimum Gasteiger partial charge on any atom is -0.364 e. The molecule has 0 saturated heterocycles. The van der Waals surface area contributed by atoms with Crippen molar-refractivity contribution in [1.82, 2.24) is 9.97 Å². The van der Waals surface area contributed by atoms with Crippen LogP contribution in [0.2, 0.25) is 0 Å². The molecule has 2 aromatic rings. The number of hydrogen-bond acceptors (Lipinski definition) is 6. The molecule has 0 aliphatic heterocycles. The summed E-state index contributed by atoms with van der Waals surface area (Å²) in [5.74, 6) is 0.988. The molecule has 1 heterocycles. The number of nitrogens with one attached hydrogen (secondary N) is 2. The van der Waals surface area contributed by atoms with Crippen molar-refractivity contribution in [1.29, 1.82) is 0 Å². The maximum atomic E-state index is 11.4. The second kappa shape index (κ2) is 8.24. The first kappa shape index (κ1) is 17.7. The summed E-state index contributed by atoms with van der Waals surface area (Å²) in [6, 6.07) is 7.98. The van der Waals surface area contributed by atoms with Gasteiger partial charge in [-0.15, -0.1) is 0 Å². The normalized spacial score (nSPS) is 10.7. The Morgan fingerprint density at radius 1 is 1.12 bits per heavy atom. The van der Waals surface area contributed by atoms with Gasteiger partial charge in [0.1, 0.15) is 6.33 Å². The number of nitrogens with zero attached hydrogens (tertiary/aromatic N) is 3. The molecule has 0 aliphatic rings. The summed E-state index contributed by atoms with van der Waals surface area (Å²) in [5, 5.41) is 17.5. The van der Waals surface area contributed by atoms with E-state index in [2.05, 4.69) is 34.4 Å². The molecule has 2 rings (SSSR count). The van der Waals surface area contributed by atoms with Gasteiger partial charge in [0.25, 0.3) is 0 Å². The van der Waals surface area contributed by atoms with Gasteiger partial charge in [-0.05, 0) is 24.8 Å². The molecule has 0 atom stereocenters. The molecule has 24 heavy (non-hydrogen) atoms. The highest BCUT2D eigenvalue weighted by molar-refractivity contribution is 5.69. The van der Waals surface area contributed by atoms with E-state index in [1.165, 1.54) is 11.9 Å². The smallest absolute Gasteiger partial charge is 0.353 e. The topological polar surface area (TPSA) is 93.0 Å². The maximum absolute atomic E-state index is 11.4. The van der Waals surface area contributed by atoms with Crippen LogP contribution in [0.15, 0.2) is 30.6 Å². The van der Waals surface area contributed by atoms with Crippen molar-refractivity contribution < 1.29 is 4.92 Å². The first-order valence-electron chi connectivity index (χ1n) is 8.00. The monoisotopic (exact) mass is 329 g/mol. The van der Waals surface area contributed by atoms with Gasteiger partial charge in [-0.25, -0.2) is 9.97 Å². The summed E-state index contributed by atoms with van der Waals surface area (Å²) < 4.78 is 0. The molecule has 0 amide bonds. The van der Waals surface area contributed by atoms with Gasteiger partial charge in [0, 0.05) is 13.1 Å². The highest BCUT2D eigenvalue weighted by Crippen LogP contribution is 2.29. The maximum Gasteiger partial charge on any atom is 0.353 e. The molecule has 0 spiro atoms. The Balaban J connectivity index is 2.13. The Hall–Kier alpha value is -2.70. The molecule has 0 bridgehead atoms. The predicted molar refractivity (Wildman–Crippen MR) is 95.1 cm³/mol. The molecule has 0 saturated carbocycles. The lowest BCUT2D eigenvalue weighted by Crippen LogP contribution is -2.11. The fourth-order valence-electron chi connectivity index (χ4n) is 2.18. The molecule has 2 N–H and O–H groups in total. The minimum atomic E-state index is -0.449. The second-order valence-corrected chi connectivity index (χ2v) is 6.13. The quantitative estimate of drug-likeness (QED) is 0.566. The Morgan fingerprint density at radius 3 is 2.33 bits per heavy atom. The van der Waals surface area contributed by atoms with Gasteiger partial charge in [-0.2, -0.15) is 0 Å². The second-order valence-electron chi connectivity index (χ2n) is 6.13. The van der Waals surface area contributed by atoms with Gasteiger partial charge in [0.15, 0.2) is 0 Å². The van der Waals surface area contributed by atoms with E-state index < -0.39 is 4.92 Å². The van der Waals surface area contributed by atoms with E-state index in [-0.39, 0.29) is 17.3 Å². The minimum absolute atomic E-state index is 0.117. The molecule has 0 aliphatic carbocycles. The first-order valence-corrected chi connectivity index (χ1v) is 8.00. The lowest BCUT2D eigenvalue weighted by Gasteiger charge is -2.11. The fourth-order valence-corrected chi connectivity index (χ4v) is 2.18. The number of aromatic nitrogens is 2. The molecular weight excluding hydrogens is 306 g/mol. The van der Waals surface area contributed by atoms with Crippen molar-refractivity contribution in [2.24, 2.45) is 5.92 Å². The van der Waals surface area contributed by atoms with E-state index in [0.717, 1.165) is 12.0 Å². The van der Waals surface area contributed by atoms with Gasteiger partial charge < -0.3 is 10.6 Å². The van der Waals surface area contributed by atoms with Crippen LogP contribution in [-0.2, 0) is 6.54 Å². The fraction of sp³-hybridized carbons (Fsp3) is 0.412. The third-order valence-corrected chi connectivity index (χ3v) is 3.60. The van der Waals surface area contributed by atoms with E-state index in [1.54, 1.807) is 0 Å². The number of hydrogen-bond donors (Lipinski definition) is 2. The van der Waals surface area contributed by atoms with Gasteiger partial charge in [-0.3, -0.25) is 10.1 Å². The Bertz CT molecular complexity index is 686. The van der Waals surface area contributed by atoms with Crippen molar-refractivity contribution in [2.75, 3.05) is 17.2 Å². The summed E-state index contributed by atoms with van der Waals surface area (Å²) in [6.45, 7) is 7.31. The van der Waals surface area contributed by atoms with Crippen molar-refractivity contribution in [2.45, 2.75) is 33.7 Å². The molecule has 1 aromatic carbocycles. The highest BCUT2D eigenvalue weighted by Gasteiger charge is 2.22.